The van der Waals surface area contributed by atoms with Crippen molar-refractivity contribution < 1.29 is 18.0 Å². The van der Waals surface area contributed by atoms with E-state index in [4.69, 9.17) is 0 Å². The van der Waals surface area contributed by atoms with Crippen molar-refractivity contribution in [1.82, 2.24) is 24.5 Å². The molecule has 0 saturated heterocycles. The van der Waals surface area contributed by atoms with E-state index in [2.05, 4.69) is 32.1 Å². The molecule has 11 heteroatoms. The molecule has 0 aliphatic heterocycles. The minimum absolute atomic E-state index is 0.0281. The number of aliphatic imine (C=N–C) groups is 1. The number of carbonyl (C=O) groups is 1. The Kier molecular flexibility index (Phi) is 7.44. The summed E-state index contributed by atoms with van der Waals surface area (Å²) in [6.45, 7) is 6.62. The number of nitrogens with one attached hydrogen (secondary N) is 1. The van der Waals surface area contributed by atoms with Gasteiger partial charge in [0.25, 0.3) is 0 Å². The van der Waals surface area contributed by atoms with Crippen LogP contribution in [-0.4, -0.2) is 42.8 Å². The molecule has 0 atom stereocenters. The number of nitrogens with zero attached hydrogens (tertiary/aromatic N) is 6. The van der Waals surface area contributed by atoms with E-state index in [-0.39, 0.29) is 18.9 Å². The monoisotopic (exact) mass is 471 g/mol. The molecule has 0 aliphatic rings. The van der Waals surface area contributed by atoms with Crippen molar-refractivity contribution in [1.29, 1.82) is 0 Å². The Hall–Kier alpha value is -4.02. The fourth-order valence-corrected chi connectivity index (χ4v) is 3.35. The van der Waals surface area contributed by atoms with Crippen LogP contribution in [-0.2, 0) is 24.8 Å². The van der Waals surface area contributed by atoms with E-state index in [1.807, 2.05) is 19.2 Å². The highest BCUT2D eigenvalue weighted by molar-refractivity contribution is 5.89. The average molecular weight is 471 g/mol. The van der Waals surface area contributed by atoms with Gasteiger partial charge >= 0.3 is 6.18 Å². The fraction of sp³-hybridized carbons (Fsp3) is 0.261. The molecule has 0 radical (unpaired) electrons. The van der Waals surface area contributed by atoms with Gasteiger partial charge in [-0.05, 0) is 50.1 Å². The van der Waals surface area contributed by atoms with Gasteiger partial charge in [0.2, 0.25) is 5.91 Å². The lowest BCUT2D eigenvalue weighted by atomic mass is 10.1. The number of alkyl halides is 3. The maximum atomic E-state index is 13.2. The number of rotatable bonds is 8. The van der Waals surface area contributed by atoms with Gasteiger partial charge in [0.1, 0.15) is 18.1 Å². The lowest BCUT2D eigenvalue weighted by Crippen LogP contribution is -2.21. The molecular weight excluding hydrogens is 447 g/mol. The van der Waals surface area contributed by atoms with Crippen molar-refractivity contribution in [3.63, 3.8) is 0 Å². The molecule has 0 fully saturated rings. The number of hydrogen-bond acceptors (Lipinski definition) is 5. The van der Waals surface area contributed by atoms with E-state index in [1.165, 1.54) is 10.8 Å². The highest BCUT2D eigenvalue weighted by Gasteiger charge is 2.33. The molecule has 0 spiro atoms. The van der Waals surface area contributed by atoms with Crippen molar-refractivity contribution in [2.24, 2.45) is 12.0 Å². The van der Waals surface area contributed by atoms with E-state index in [1.54, 1.807) is 37.0 Å². The third-order valence-electron chi connectivity index (χ3n) is 5.08. The number of hydrogen-bond donors (Lipinski definition) is 1. The Morgan fingerprint density at radius 3 is 2.62 bits per heavy atom. The molecule has 0 aromatic carbocycles. The smallest absolute Gasteiger partial charge is 0.309 e. The quantitative estimate of drug-likeness (QED) is 0.499. The Morgan fingerprint density at radius 2 is 2.03 bits per heavy atom. The van der Waals surface area contributed by atoms with Gasteiger partial charge in [-0.1, -0.05) is 12.7 Å². The van der Waals surface area contributed by atoms with Crippen LogP contribution in [0.3, 0.4) is 0 Å². The molecule has 34 heavy (non-hydrogen) atoms. The number of aromatic nitrogens is 5. The van der Waals surface area contributed by atoms with Crippen molar-refractivity contribution in [3.8, 4) is 11.3 Å². The van der Waals surface area contributed by atoms with Crippen LogP contribution in [0.1, 0.15) is 17.0 Å². The van der Waals surface area contributed by atoms with Gasteiger partial charge in [0.15, 0.2) is 0 Å². The van der Waals surface area contributed by atoms with E-state index < -0.39 is 11.9 Å². The summed E-state index contributed by atoms with van der Waals surface area (Å²) in [7, 11) is 1.82. The van der Waals surface area contributed by atoms with Crippen molar-refractivity contribution in [3.05, 3.63) is 72.0 Å². The Labute approximate surface area is 194 Å². The molecular formula is C23H24F3N7O. The van der Waals surface area contributed by atoms with Crippen LogP contribution in [0.15, 0.2) is 60.0 Å². The van der Waals surface area contributed by atoms with Gasteiger partial charge in [-0.3, -0.25) is 19.2 Å². The number of halogens is 3. The summed E-state index contributed by atoms with van der Waals surface area (Å²) in [6.07, 6.45) is 1.86. The van der Waals surface area contributed by atoms with Crippen LogP contribution >= 0.6 is 0 Å². The van der Waals surface area contributed by atoms with Gasteiger partial charge in [-0.2, -0.15) is 23.4 Å². The van der Waals surface area contributed by atoms with Gasteiger partial charge in [0.05, 0.1) is 11.4 Å². The Morgan fingerprint density at radius 1 is 1.26 bits per heavy atom. The first-order valence-electron chi connectivity index (χ1n) is 10.3. The summed E-state index contributed by atoms with van der Waals surface area (Å²) in [5, 5.41) is 11.1. The van der Waals surface area contributed by atoms with Gasteiger partial charge < -0.3 is 5.32 Å². The first-order valence-corrected chi connectivity index (χ1v) is 10.3. The van der Waals surface area contributed by atoms with Gasteiger partial charge in [-0.25, -0.2) is 4.98 Å². The number of anilines is 1. The number of pyridine rings is 1. The highest BCUT2D eigenvalue weighted by atomic mass is 19.4. The molecule has 1 N–H and O–H groups in total. The minimum atomic E-state index is -4.59. The van der Waals surface area contributed by atoms with Crippen LogP contribution in [0.2, 0.25) is 0 Å². The SMILES string of the molecule is C=C/C=N\C(=C/Cc1c(C)nn(CC(=O)Nc2ccc(-c3ccnn3C)cn2)c1C)C(F)(F)F. The maximum absolute atomic E-state index is 13.2. The number of aryl methyl sites for hydroxylation is 2. The van der Waals surface area contributed by atoms with Crippen LogP contribution in [0, 0.1) is 13.8 Å². The van der Waals surface area contributed by atoms with E-state index in [0.29, 0.717) is 22.8 Å². The molecule has 0 aliphatic carbocycles. The molecule has 178 valence electrons. The van der Waals surface area contributed by atoms with E-state index in [9.17, 15) is 18.0 Å². The lowest BCUT2D eigenvalue weighted by molar-refractivity contribution is -0.117. The average Bonchev–Trinajstić information content (AvgIpc) is 3.31. The number of carbonyl (C=O) groups excluding carboxylic acids is 1. The third-order valence-corrected chi connectivity index (χ3v) is 5.08. The second kappa shape index (κ2) is 10.3. The zero-order valence-electron chi connectivity index (χ0n) is 19.0. The minimum Gasteiger partial charge on any atom is -0.309 e. The molecule has 1 amide bonds. The predicted octanol–water partition coefficient (Wildman–Crippen LogP) is 4.18. The number of allylic oxidation sites excluding steroid dienone is 3. The second-order valence-electron chi connectivity index (χ2n) is 7.43. The van der Waals surface area contributed by atoms with Crippen molar-refractivity contribution in [2.75, 3.05) is 5.32 Å². The van der Waals surface area contributed by atoms with Gasteiger partial charge in [-0.15, -0.1) is 0 Å². The summed E-state index contributed by atoms with van der Waals surface area (Å²) in [4.78, 5) is 20.2. The highest BCUT2D eigenvalue weighted by Crippen LogP contribution is 2.27. The molecule has 3 heterocycles. The van der Waals surface area contributed by atoms with E-state index >= 15 is 0 Å². The molecule has 0 saturated carbocycles. The van der Waals surface area contributed by atoms with Crippen LogP contribution in [0.4, 0.5) is 19.0 Å². The predicted molar refractivity (Wildman–Crippen MR) is 123 cm³/mol. The first kappa shape index (κ1) is 24.6. The van der Waals surface area contributed by atoms with E-state index in [0.717, 1.165) is 23.5 Å². The summed E-state index contributed by atoms with van der Waals surface area (Å²) in [6, 6.07) is 5.36. The zero-order valence-corrected chi connectivity index (χ0v) is 19.0. The molecule has 3 aromatic rings. The summed E-state index contributed by atoms with van der Waals surface area (Å²) in [5.74, 6) is 0.00976. The maximum Gasteiger partial charge on any atom is 0.433 e. The normalized spacial score (nSPS) is 12.4. The summed E-state index contributed by atoms with van der Waals surface area (Å²) in [5.41, 5.74) is 2.45. The first-order chi connectivity index (χ1) is 16.1. The Bertz CT molecular complexity index is 1230. The fourth-order valence-electron chi connectivity index (χ4n) is 3.35. The van der Waals surface area contributed by atoms with Crippen molar-refractivity contribution in [2.45, 2.75) is 33.0 Å². The second-order valence-corrected chi connectivity index (χ2v) is 7.43. The molecule has 3 rings (SSSR count). The van der Waals surface area contributed by atoms with Crippen LogP contribution < -0.4 is 5.32 Å². The molecule has 0 bridgehead atoms. The molecule has 0 unspecified atom stereocenters. The molecule has 8 nitrogen and oxygen atoms in total. The topological polar surface area (TPSA) is 90.0 Å². The number of amides is 1. The third kappa shape index (κ3) is 5.85. The molecule has 3 aromatic heterocycles. The zero-order chi connectivity index (χ0) is 24.9. The standard InChI is InChI=1S/C23H24F3N7O/c1-5-11-27-20(23(24,25)26)8-7-18-15(2)31-33(16(18)3)14-22(34)30-21-9-6-17(13-28-21)19-10-12-29-32(19)4/h5-6,8-13H,1,7,14H2,2-4H3,(H,28,30,34)/b20-8-,27-11-. The summed E-state index contributed by atoms with van der Waals surface area (Å²) >= 11 is 0. The van der Waals surface area contributed by atoms with Gasteiger partial charge in [0, 0.05) is 36.9 Å². The Balaban J connectivity index is 1.69. The van der Waals surface area contributed by atoms with Crippen molar-refractivity contribution >= 4 is 17.9 Å². The summed E-state index contributed by atoms with van der Waals surface area (Å²) < 4.78 is 42.6. The lowest BCUT2D eigenvalue weighted by Gasteiger charge is -2.08. The largest absolute Gasteiger partial charge is 0.433 e. The van der Waals surface area contributed by atoms with Crippen LogP contribution in [0.5, 0.6) is 0 Å². The van der Waals surface area contributed by atoms with Crippen LogP contribution in [0.25, 0.3) is 11.3 Å².